The van der Waals surface area contributed by atoms with Gasteiger partial charge in [0.15, 0.2) is 0 Å². The van der Waals surface area contributed by atoms with E-state index in [-0.39, 0.29) is 11.6 Å². The minimum atomic E-state index is -0.447. The third kappa shape index (κ3) is 3.42. The van der Waals surface area contributed by atoms with E-state index in [1.54, 1.807) is 23.1 Å². The monoisotopic (exact) mass is 275 g/mol. The van der Waals surface area contributed by atoms with Crippen LogP contribution in [0.2, 0.25) is 0 Å². The quantitative estimate of drug-likeness (QED) is 0.512. The van der Waals surface area contributed by atoms with E-state index >= 15 is 0 Å². The van der Waals surface area contributed by atoms with Crippen molar-refractivity contribution in [3.05, 3.63) is 46.0 Å². The van der Waals surface area contributed by atoms with Crippen LogP contribution in [0.25, 0.3) is 6.08 Å². The Kier molecular flexibility index (Phi) is 4.47. The molecule has 1 heterocycles. The number of nitro benzene ring substituents is 1. The fourth-order valence-corrected chi connectivity index (χ4v) is 2.21. The number of carbonyl (C=O) groups is 1. The Hall–Kier alpha value is -2.21. The molecule has 1 atom stereocenters. The first-order chi connectivity index (χ1) is 9.60. The van der Waals surface area contributed by atoms with Gasteiger partial charge in [0.05, 0.1) is 4.92 Å². The van der Waals surface area contributed by atoms with Crippen LogP contribution in [0.1, 0.15) is 12.0 Å². The molecule has 0 aliphatic carbocycles. The highest BCUT2D eigenvalue weighted by molar-refractivity contribution is 5.92. The number of hydrogen-bond donors (Lipinski definition) is 1. The molecule has 1 aliphatic rings. The number of non-ortho nitro benzene ring substituents is 1. The van der Waals surface area contributed by atoms with E-state index in [0.717, 1.165) is 13.0 Å². The van der Waals surface area contributed by atoms with Gasteiger partial charge in [0.25, 0.3) is 5.69 Å². The third-order valence-electron chi connectivity index (χ3n) is 3.41. The number of amides is 1. The zero-order chi connectivity index (χ0) is 14.5. The molecule has 106 valence electrons. The number of likely N-dealkylation sites (tertiary alicyclic amines) is 1. The molecule has 1 aromatic carbocycles. The van der Waals surface area contributed by atoms with Crippen molar-refractivity contribution in [2.24, 2.45) is 0 Å². The average Bonchev–Trinajstić information content (AvgIpc) is 2.94. The molecule has 1 unspecified atom stereocenters. The van der Waals surface area contributed by atoms with Crippen molar-refractivity contribution >= 4 is 17.7 Å². The lowest BCUT2D eigenvalue weighted by Gasteiger charge is -2.13. The summed E-state index contributed by atoms with van der Waals surface area (Å²) >= 11 is 0. The highest BCUT2D eigenvalue weighted by Gasteiger charge is 2.23. The van der Waals surface area contributed by atoms with Crippen molar-refractivity contribution in [1.82, 2.24) is 10.2 Å². The Morgan fingerprint density at radius 2 is 2.35 bits per heavy atom. The summed E-state index contributed by atoms with van der Waals surface area (Å²) in [5.74, 6) is -0.0609. The molecule has 6 heteroatoms. The van der Waals surface area contributed by atoms with E-state index in [2.05, 4.69) is 5.32 Å². The van der Waals surface area contributed by atoms with Gasteiger partial charge in [0, 0.05) is 37.3 Å². The first kappa shape index (κ1) is 14.2. The second-order valence-corrected chi connectivity index (χ2v) is 4.74. The number of nitro groups is 1. The standard InChI is InChI=1S/C14H17N3O3/c1-15-12-7-8-16(10-12)14(18)6-5-11-3-2-4-13(9-11)17(19)20/h2-6,9,12,15H,7-8,10H2,1H3/b6-5+. The van der Waals surface area contributed by atoms with Gasteiger partial charge in [-0.1, -0.05) is 12.1 Å². The zero-order valence-corrected chi connectivity index (χ0v) is 11.3. The van der Waals surface area contributed by atoms with Crippen LogP contribution in [0, 0.1) is 10.1 Å². The SMILES string of the molecule is CNC1CCN(C(=O)/C=C/c2cccc([N+](=O)[O-])c2)C1. The van der Waals surface area contributed by atoms with Crippen LogP contribution in [-0.2, 0) is 4.79 Å². The molecule has 0 radical (unpaired) electrons. The lowest BCUT2D eigenvalue weighted by atomic mass is 10.2. The number of likely N-dealkylation sites (N-methyl/N-ethyl adjacent to an activating group) is 1. The predicted molar refractivity (Wildman–Crippen MR) is 76.2 cm³/mol. The molecular formula is C14H17N3O3. The topological polar surface area (TPSA) is 75.5 Å². The third-order valence-corrected chi connectivity index (χ3v) is 3.41. The van der Waals surface area contributed by atoms with Crippen molar-refractivity contribution < 1.29 is 9.72 Å². The molecule has 1 aliphatic heterocycles. The van der Waals surface area contributed by atoms with E-state index in [1.807, 2.05) is 7.05 Å². The molecular weight excluding hydrogens is 258 g/mol. The molecule has 1 N–H and O–H groups in total. The summed E-state index contributed by atoms with van der Waals surface area (Å²) in [4.78, 5) is 24.0. The Labute approximate surface area is 117 Å². The molecule has 1 fully saturated rings. The second-order valence-electron chi connectivity index (χ2n) is 4.74. The molecule has 0 spiro atoms. The molecule has 0 bridgehead atoms. The smallest absolute Gasteiger partial charge is 0.270 e. The van der Waals surface area contributed by atoms with Crippen LogP contribution in [-0.4, -0.2) is 41.9 Å². The molecule has 6 nitrogen and oxygen atoms in total. The molecule has 2 rings (SSSR count). The Morgan fingerprint density at radius 3 is 3.00 bits per heavy atom. The molecule has 1 saturated heterocycles. The Morgan fingerprint density at radius 1 is 1.55 bits per heavy atom. The Balaban J connectivity index is 2.00. The maximum Gasteiger partial charge on any atom is 0.270 e. The van der Waals surface area contributed by atoms with Gasteiger partial charge >= 0.3 is 0 Å². The van der Waals surface area contributed by atoms with E-state index < -0.39 is 4.92 Å². The van der Waals surface area contributed by atoms with Gasteiger partial charge in [-0.15, -0.1) is 0 Å². The fraction of sp³-hybridized carbons (Fsp3) is 0.357. The largest absolute Gasteiger partial charge is 0.338 e. The predicted octanol–water partition coefficient (Wildman–Crippen LogP) is 1.43. The Bertz CT molecular complexity index is 542. The first-order valence-corrected chi connectivity index (χ1v) is 6.49. The molecule has 0 saturated carbocycles. The van der Waals surface area contributed by atoms with Crippen LogP contribution >= 0.6 is 0 Å². The van der Waals surface area contributed by atoms with Crippen LogP contribution in [0.3, 0.4) is 0 Å². The van der Waals surface area contributed by atoms with Crippen molar-refractivity contribution in [3.63, 3.8) is 0 Å². The molecule has 1 aromatic rings. The molecule has 1 amide bonds. The van der Waals surface area contributed by atoms with Crippen LogP contribution in [0.15, 0.2) is 30.3 Å². The van der Waals surface area contributed by atoms with Gasteiger partial charge in [0.1, 0.15) is 0 Å². The summed E-state index contributed by atoms with van der Waals surface area (Å²) in [6, 6.07) is 6.57. The van der Waals surface area contributed by atoms with Crippen molar-refractivity contribution in [2.75, 3.05) is 20.1 Å². The van der Waals surface area contributed by atoms with Gasteiger partial charge in [-0.3, -0.25) is 14.9 Å². The van der Waals surface area contributed by atoms with Crippen LogP contribution in [0.5, 0.6) is 0 Å². The molecule has 20 heavy (non-hydrogen) atoms. The minimum Gasteiger partial charge on any atom is -0.338 e. The number of hydrogen-bond acceptors (Lipinski definition) is 4. The average molecular weight is 275 g/mol. The van der Waals surface area contributed by atoms with Gasteiger partial charge in [0.2, 0.25) is 5.91 Å². The highest BCUT2D eigenvalue weighted by atomic mass is 16.6. The first-order valence-electron chi connectivity index (χ1n) is 6.49. The zero-order valence-electron chi connectivity index (χ0n) is 11.3. The number of nitrogens with one attached hydrogen (secondary N) is 1. The fourth-order valence-electron chi connectivity index (χ4n) is 2.21. The highest BCUT2D eigenvalue weighted by Crippen LogP contribution is 2.15. The van der Waals surface area contributed by atoms with Crippen molar-refractivity contribution in [1.29, 1.82) is 0 Å². The van der Waals surface area contributed by atoms with E-state index in [9.17, 15) is 14.9 Å². The summed E-state index contributed by atoms with van der Waals surface area (Å²) in [5.41, 5.74) is 0.674. The number of rotatable bonds is 4. The van der Waals surface area contributed by atoms with Crippen LogP contribution in [0.4, 0.5) is 5.69 Å². The summed E-state index contributed by atoms with van der Waals surface area (Å²) < 4.78 is 0. The molecule has 0 aromatic heterocycles. The van der Waals surface area contributed by atoms with Crippen molar-refractivity contribution in [2.45, 2.75) is 12.5 Å². The summed E-state index contributed by atoms with van der Waals surface area (Å²) in [6.07, 6.45) is 4.03. The summed E-state index contributed by atoms with van der Waals surface area (Å²) in [6.45, 7) is 1.44. The van der Waals surface area contributed by atoms with Gasteiger partial charge in [-0.25, -0.2) is 0 Å². The lowest BCUT2D eigenvalue weighted by molar-refractivity contribution is -0.384. The van der Waals surface area contributed by atoms with E-state index in [0.29, 0.717) is 18.2 Å². The number of carbonyl (C=O) groups excluding carboxylic acids is 1. The van der Waals surface area contributed by atoms with Crippen LogP contribution < -0.4 is 5.32 Å². The number of benzene rings is 1. The number of nitrogens with zero attached hydrogens (tertiary/aromatic N) is 2. The van der Waals surface area contributed by atoms with E-state index in [4.69, 9.17) is 0 Å². The van der Waals surface area contributed by atoms with Gasteiger partial charge in [-0.05, 0) is 25.1 Å². The summed E-state index contributed by atoms with van der Waals surface area (Å²) in [7, 11) is 1.89. The van der Waals surface area contributed by atoms with Crippen molar-refractivity contribution in [3.8, 4) is 0 Å². The maximum absolute atomic E-state index is 12.0. The second kappa shape index (κ2) is 6.29. The summed E-state index contributed by atoms with van der Waals surface area (Å²) in [5, 5.41) is 13.8. The minimum absolute atomic E-state index is 0.0241. The van der Waals surface area contributed by atoms with E-state index in [1.165, 1.54) is 18.2 Å². The lowest BCUT2D eigenvalue weighted by Crippen LogP contribution is -2.32. The normalized spacial score (nSPS) is 18.6. The van der Waals surface area contributed by atoms with Gasteiger partial charge < -0.3 is 10.2 Å². The maximum atomic E-state index is 12.0. The van der Waals surface area contributed by atoms with Gasteiger partial charge in [-0.2, -0.15) is 0 Å².